The van der Waals surface area contributed by atoms with Crippen molar-refractivity contribution < 1.29 is 18.4 Å². The van der Waals surface area contributed by atoms with Gasteiger partial charge >= 0.3 is 0 Å². The normalized spacial score (nSPS) is 18.2. The molecule has 4 N–H and O–H groups in total. The highest BCUT2D eigenvalue weighted by Gasteiger charge is 2.26. The van der Waals surface area contributed by atoms with Crippen LogP contribution in [0, 0.1) is 5.92 Å². The van der Waals surface area contributed by atoms with Crippen LogP contribution in [0.1, 0.15) is 78.0 Å². The number of aromatic nitrogens is 2. The van der Waals surface area contributed by atoms with Crippen molar-refractivity contribution in [2.75, 3.05) is 6.54 Å². The van der Waals surface area contributed by atoms with Gasteiger partial charge in [-0.25, -0.2) is 9.97 Å². The molecule has 0 unspecified atom stereocenters. The maximum atomic E-state index is 12.6. The summed E-state index contributed by atoms with van der Waals surface area (Å²) in [6.07, 6.45) is 5.11. The lowest BCUT2D eigenvalue weighted by atomic mass is 10.0. The second-order valence-electron chi connectivity index (χ2n) is 6.81. The van der Waals surface area contributed by atoms with E-state index in [4.69, 9.17) is 14.6 Å². The van der Waals surface area contributed by atoms with Gasteiger partial charge in [0.25, 0.3) is 11.8 Å². The van der Waals surface area contributed by atoms with E-state index in [9.17, 15) is 9.59 Å². The van der Waals surface area contributed by atoms with E-state index in [1.807, 2.05) is 13.8 Å². The molecule has 2 aromatic rings. The Morgan fingerprint density at radius 1 is 1.31 bits per heavy atom. The molecule has 0 radical (unpaired) electrons. The molecule has 2 aromatic heterocycles. The van der Waals surface area contributed by atoms with Gasteiger partial charge in [0.15, 0.2) is 11.4 Å². The molecule has 1 saturated heterocycles. The van der Waals surface area contributed by atoms with Crippen LogP contribution in [0.2, 0.25) is 0 Å². The minimum Gasteiger partial charge on any atom is -0.446 e. The number of amides is 2. The van der Waals surface area contributed by atoms with E-state index in [1.165, 1.54) is 12.5 Å². The third-order valence-corrected chi connectivity index (χ3v) is 4.20. The third kappa shape index (κ3) is 4.10. The van der Waals surface area contributed by atoms with Gasteiger partial charge in [-0.2, -0.15) is 0 Å². The quantitative estimate of drug-likeness (QED) is 0.682. The van der Waals surface area contributed by atoms with E-state index in [0.29, 0.717) is 12.3 Å². The van der Waals surface area contributed by atoms with E-state index < -0.39 is 11.9 Å². The number of carbonyl (C=O) groups excluding carboxylic acids is 2. The number of nitrogens with two attached hydrogens (primary N) is 1. The van der Waals surface area contributed by atoms with Crippen molar-refractivity contribution >= 4 is 11.8 Å². The third-order valence-electron chi connectivity index (χ3n) is 4.20. The first-order valence-electron chi connectivity index (χ1n) is 8.69. The lowest BCUT2D eigenvalue weighted by Crippen LogP contribution is -2.30. The van der Waals surface area contributed by atoms with Gasteiger partial charge in [0.1, 0.15) is 18.6 Å². The number of primary amides is 1. The van der Waals surface area contributed by atoms with Gasteiger partial charge in [0.05, 0.1) is 6.04 Å². The van der Waals surface area contributed by atoms with Crippen molar-refractivity contribution in [1.29, 1.82) is 0 Å². The Hall–Kier alpha value is -2.68. The van der Waals surface area contributed by atoms with Crippen molar-refractivity contribution in [2.24, 2.45) is 11.7 Å². The molecule has 9 heteroatoms. The Morgan fingerprint density at radius 2 is 2.08 bits per heavy atom. The van der Waals surface area contributed by atoms with Gasteiger partial charge in [-0.15, -0.1) is 0 Å². The molecule has 3 rings (SSSR count). The Bertz CT molecular complexity index is 776. The molecule has 26 heavy (non-hydrogen) atoms. The summed E-state index contributed by atoms with van der Waals surface area (Å²) >= 11 is 0. The summed E-state index contributed by atoms with van der Waals surface area (Å²) in [5.41, 5.74) is 5.43. The van der Waals surface area contributed by atoms with E-state index in [0.717, 1.165) is 19.4 Å². The molecule has 1 aliphatic rings. The van der Waals surface area contributed by atoms with Crippen LogP contribution in [0.3, 0.4) is 0 Å². The van der Waals surface area contributed by atoms with Crippen molar-refractivity contribution in [2.45, 2.75) is 45.2 Å². The van der Waals surface area contributed by atoms with E-state index in [1.54, 1.807) is 0 Å². The van der Waals surface area contributed by atoms with Crippen LogP contribution in [0.25, 0.3) is 0 Å². The van der Waals surface area contributed by atoms with Crippen LogP contribution in [0.5, 0.6) is 0 Å². The summed E-state index contributed by atoms with van der Waals surface area (Å²) in [6.45, 7) is 4.94. The fourth-order valence-electron chi connectivity index (χ4n) is 2.93. The molecule has 3 heterocycles. The Kier molecular flexibility index (Phi) is 5.36. The summed E-state index contributed by atoms with van der Waals surface area (Å²) in [4.78, 5) is 32.1. The number of hydrogen-bond acceptors (Lipinski definition) is 7. The van der Waals surface area contributed by atoms with Gasteiger partial charge in [-0.3, -0.25) is 9.59 Å². The first kappa shape index (κ1) is 18.1. The smallest absolute Gasteiger partial charge is 0.273 e. The summed E-state index contributed by atoms with van der Waals surface area (Å²) in [6, 6.07) is -0.451. The van der Waals surface area contributed by atoms with E-state index >= 15 is 0 Å². The minimum atomic E-state index is -0.681. The van der Waals surface area contributed by atoms with Crippen LogP contribution in [0.15, 0.2) is 21.4 Å². The number of rotatable bonds is 7. The largest absolute Gasteiger partial charge is 0.446 e. The maximum absolute atomic E-state index is 12.6. The van der Waals surface area contributed by atoms with Gasteiger partial charge in [0.2, 0.25) is 11.8 Å². The zero-order valence-electron chi connectivity index (χ0n) is 14.8. The predicted octanol–water partition coefficient (Wildman–Crippen LogP) is 1.70. The number of nitrogens with one attached hydrogen (secondary N) is 2. The highest BCUT2D eigenvalue weighted by molar-refractivity contribution is 5.92. The van der Waals surface area contributed by atoms with E-state index in [-0.39, 0.29) is 35.1 Å². The number of oxazole rings is 2. The molecule has 0 saturated carbocycles. The molecule has 1 aliphatic heterocycles. The highest BCUT2D eigenvalue weighted by Crippen LogP contribution is 2.24. The van der Waals surface area contributed by atoms with Crippen LogP contribution >= 0.6 is 0 Å². The Balaban J connectivity index is 1.73. The van der Waals surface area contributed by atoms with Crippen molar-refractivity contribution in [1.82, 2.24) is 20.6 Å². The first-order valence-corrected chi connectivity index (χ1v) is 8.69. The number of nitrogens with zero attached hydrogens (tertiary/aromatic N) is 2. The number of carbonyl (C=O) groups is 2. The number of hydrogen-bond donors (Lipinski definition) is 3. The molecule has 0 aromatic carbocycles. The fourth-order valence-corrected chi connectivity index (χ4v) is 2.93. The lowest BCUT2D eigenvalue weighted by Gasteiger charge is -2.16. The van der Waals surface area contributed by atoms with Gasteiger partial charge < -0.3 is 25.2 Å². The molecule has 1 fully saturated rings. The summed E-state index contributed by atoms with van der Waals surface area (Å²) in [5.74, 6) is -0.0516. The zero-order chi connectivity index (χ0) is 18.7. The monoisotopic (exact) mass is 361 g/mol. The Morgan fingerprint density at radius 3 is 2.69 bits per heavy atom. The first-order chi connectivity index (χ1) is 12.4. The second-order valence-corrected chi connectivity index (χ2v) is 6.81. The van der Waals surface area contributed by atoms with Gasteiger partial charge in [-0.1, -0.05) is 13.8 Å². The minimum absolute atomic E-state index is 0.0269. The molecule has 0 spiro atoms. The lowest BCUT2D eigenvalue weighted by molar-refractivity contribution is 0.0919. The summed E-state index contributed by atoms with van der Waals surface area (Å²) < 4.78 is 10.8. The van der Waals surface area contributed by atoms with Crippen LogP contribution in [-0.4, -0.2) is 28.3 Å². The molecule has 9 nitrogen and oxygen atoms in total. The Labute approximate surface area is 150 Å². The van der Waals surface area contributed by atoms with Crippen LogP contribution in [0.4, 0.5) is 0 Å². The molecular formula is C17H23N5O4. The molecule has 0 bridgehead atoms. The van der Waals surface area contributed by atoms with Crippen molar-refractivity contribution in [3.8, 4) is 0 Å². The molecule has 0 aliphatic carbocycles. The summed E-state index contributed by atoms with van der Waals surface area (Å²) in [5, 5.41) is 6.12. The average Bonchev–Trinajstić information content (AvgIpc) is 3.32. The van der Waals surface area contributed by atoms with Crippen molar-refractivity contribution in [3.05, 3.63) is 35.7 Å². The predicted molar refractivity (Wildman–Crippen MR) is 91.2 cm³/mol. The summed E-state index contributed by atoms with van der Waals surface area (Å²) in [7, 11) is 0. The van der Waals surface area contributed by atoms with Gasteiger partial charge in [-0.05, 0) is 31.7 Å². The fraction of sp³-hybridized carbons (Fsp3) is 0.529. The van der Waals surface area contributed by atoms with E-state index in [2.05, 4.69) is 20.6 Å². The van der Waals surface area contributed by atoms with Crippen LogP contribution < -0.4 is 16.4 Å². The molecule has 140 valence electrons. The standard InChI is InChI=1S/C17H23N5O4/c1-9(2)6-11(17-21-12(7-25-17)14(18)23)20-15(24)13-8-26-16(22-13)10-4-3-5-19-10/h7-11,19H,3-6H2,1-2H3,(H2,18,23)(H,20,24)/t10-,11-/m0/s1. The molecule has 2 atom stereocenters. The maximum Gasteiger partial charge on any atom is 0.273 e. The zero-order valence-corrected chi connectivity index (χ0v) is 14.8. The topological polar surface area (TPSA) is 136 Å². The highest BCUT2D eigenvalue weighted by atomic mass is 16.3. The SMILES string of the molecule is CC(C)C[C@H](NC(=O)c1coc([C@@H]2CCCN2)n1)c1nc(C(N)=O)co1. The molecular weight excluding hydrogens is 338 g/mol. The second kappa shape index (κ2) is 7.69. The van der Waals surface area contributed by atoms with Crippen LogP contribution in [-0.2, 0) is 0 Å². The molecule has 2 amide bonds. The van der Waals surface area contributed by atoms with Gasteiger partial charge in [0, 0.05) is 0 Å². The van der Waals surface area contributed by atoms with Crippen molar-refractivity contribution in [3.63, 3.8) is 0 Å². The average molecular weight is 361 g/mol.